The van der Waals surface area contributed by atoms with Gasteiger partial charge in [-0.3, -0.25) is 4.79 Å². The van der Waals surface area contributed by atoms with Gasteiger partial charge in [-0.1, -0.05) is 13.0 Å². The molecule has 0 aromatic carbocycles. The highest BCUT2D eigenvalue weighted by molar-refractivity contribution is 5.94. The van der Waals surface area contributed by atoms with Crippen LogP contribution in [-0.4, -0.2) is 28.0 Å². The second-order valence-corrected chi connectivity index (χ2v) is 4.01. The van der Waals surface area contributed by atoms with Crippen LogP contribution in [0.15, 0.2) is 18.2 Å². The Morgan fingerprint density at radius 3 is 2.62 bits per heavy atom. The Morgan fingerprint density at radius 1 is 1.44 bits per heavy atom. The van der Waals surface area contributed by atoms with Crippen molar-refractivity contribution in [3.63, 3.8) is 0 Å². The molecule has 0 saturated heterocycles. The monoisotopic (exact) mass is 220 g/mol. The second-order valence-electron chi connectivity index (χ2n) is 4.01. The van der Waals surface area contributed by atoms with Crippen LogP contribution in [0.4, 0.5) is 0 Å². The summed E-state index contributed by atoms with van der Waals surface area (Å²) >= 11 is 0. The van der Waals surface area contributed by atoms with Gasteiger partial charge in [0.1, 0.15) is 11.4 Å². The van der Waals surface area contributed by atoms with Gasteiger partial charge in [-0.2, -0.15) is 0 Å². The van der Waals surface area contributed by atoms with Crippen molar-refractivity contribution in [2.75, 3.05) is 0 Å². The number of carbonyl (C=O) groups is 2. The third kappa shape index (κ3) is 2.18. The summed E-state index contributed by atoms with van der Waals surface area (Å²) in [7, 11) is 0. The van der Waals surface area contributed by atoms with Gasteiger partial charge in [0.2, 0.25) is 0 Å². The molecule has 16 heavy (non-hydrogen) atoms. The van der Waals surface area contributed by atoms with Gasteiger partial charge in [0.25, 0.3) is 5.91 Å². The lowest BCUT2D eigenvalue weighted by molar-refractivity contribution is 0.0690. The molecule has 0 aliphatic heterocycles. The molecule has 0 spiro atoms. The van der Waals surface area contributed by atoms with E-state index in [1.165, 1.54) is 18.2 Å². The molecule has 1 fully saturated rings. The van der Waals surface area contributed by atoms with Gasteiger partial charge >= 0.3 is 5.97 Å². The number of pyridine rings is 1. The van der Waals surface area contributed by atoms with E-state index in [1.54, 1.807) is 0 Å². The predicted octanol–water partition coefficient (Wildman–Crippen LogP) is 0.918. The number of aromatic nitrogens is 1. The molecular weight excluding hydrogens is 208 g/mol. The molecule has 1 amide bonds. The van der Waals surface area contributed by atoms with E-state index in [0.717, 1.165) is 6.42 Å². The normalized spacial score (nSPS) is 22.6. The zero-order valence-electron chi connectivity index (χ0n) is 8.80. The largest absolute Gasteiger partial charge is 0.477 e. The van der Waals surface area contributed by atoms with Crippen LogP contribution in [0.2, 0.25) is 0 Å². The minimum absolute atomic E-state index is 0.114. The highest BCUT2D eigenvalue weighted by Gasteiger charge is 2.34. The molecule has 1 aliphatic carbocycles. The molecule has 5 heteroatoms. The quantitative estimate of drug-likeness (QED) is 0.793. The molecule has 1 aromatic heterocycles. The Labute approximate surface area is 92.5 Å². The Hall–Kier alpha value is -1.91. The number of aromatic carboxylic acids is 1. The summed E-state index contributed by atoms with van der Waals surface area (Å²) in [5, 5.41) is 11.5. The molecule has 2 N–H and O–H groups in total. The number of nitrogens with one attached hydrogen (secondary N) is 1. The first-order chi connectivity index (χ1) is 7.58. The standard InChI is InChI=1S/C11H12N2O3/c1-6-5-9(6)13-10(14)7-3-2-4-8(12-7)11(15)16/h2-4,6,9H,5H2,1H3,(H,13,14)(H,15,16). The first kappa shape index (κ1) is 10.6. The van der Waals surface area contributed by atoms with Gasteiger partial charge in [-0.25, -0.2) is 9.78 Å². The molecule has 2 rings (SSSR count). The van der Waals surface area contributed by atoms with E-state index in [4.69, 9.17) is 5.11 Å². The van der Waals surface area contributed by atoms with Gasteiger partial charge in [0.15, 0.2) is 0 Å². The Balaban J connectivity index is 2.10. The molecular formula is C11H12N2O3. The molecule has 0 bridgehead atoms. The van der Waals surface area contributed by atoms with E-state index >= 15 is 0 Å². The minimum atomic E-state index is -1.13. The van der Waals surface area contributed by atoms with Crippen LogP contribution in [0, 0.1) is 5.92 Å². The van der Waals surface area contributed by atoms with Gasteiger partial charge in [0.05, 0.1) is 0 Å². The van der Waals surface area contributed by atoms with Crippen molar-refractivity contribution in [3.05, 3.63) is 29.6 Å². The third-order valence-electron chi connectivity index (χ3n) is 2.63. The first-order valence-corrected chi connectivity index (χ1v) is 5.09. The summed E-state index contributed by atoms with van der Waals surface area (Å²) in [5.74, 6) is -0.932. The van der Waals surface area contributed by atoms with Crippen LogP contribution >= 0.6 is 0 Å². The average Bonchev–Trinajstić information content (AvgIpc) is 2.94. The van der Waals surface area contributed by atoms with Gasteiger partial charge in [0, 0.05) is 6.04 Å². The molecule has 0 radical (unpaired) electrons. The summed E-state index contributed by atoms with van der Waals surface area (Å²) in [5.41, 5.74) is 0.0375. The molecule has 1 aromatic rings. The first-order valence-electron chi connectivity index (χ1n) is 5.09. The van der Waals surface area contributed by atoms with E-state index < -0.39 is 5.97 Å². The lowest BCUT2D eigenvalue weighted by Crippen LogP contribution is -2.27. The zero-order valence-corrected chi connectivity index (χ0v) is 8.80. The zero-order chi connectivity index (χ0) is 11.7. The summed E-state index contributed by atoms with van der Waals surface area (Å²) in [4.78, 5) is 26.1. The van der Waals surface area contributed by atoms with Crippen molar-refractivity contribution in [2.45, 2.75) is 19.4 Å². The maximum atomic E-state index is 11.6. The fraction of sp³-hybridized carbons (Fsp3) is 0.364. The molecule has 5 nitrogen and oxygen atoms in total. The summed E-state index contributed by atoms with van der Waals surface area (Å²) in [6.07, 6.45) is 0.977. The van der Waals surface area contributed by atoms with Crippen LogP contribution < -0.4 is 5.32 Å². The van der Waals surface area contributed by atoms with E-state index in [2.05, 4.69) is 10.3 Å². The third-order valence-corrected chi connectivity index (χ3v) is 2.63. The smallest absolute Gasteiger partial charge is 0.354 e. The molecule has 1 heterocycles. The number of carboxylic acid groups (broad SMARTS) is 1. The number of amides is 1. The molecule has 2 atom stereocenters. The van der Waals surface area contributed by atoms with Crippen molar-refractivity contribution in [1.29, 1.82) is 0 Å². The molecule has 2 unspecified atom stereocenters. The van der Waals surface area contributed by atoms with Crippen LogP contribution in [0.3, 0.4) is 0 Å². The van der Waals surface area contributed by atoms with Gasteiger partial charge in [-0.15, -0.1) is 0 Å². The highest BCUT2D eigenvalue weighted by atomic mass is 16.4. The van der Waals surface area contributed by atoms with Gasteiger partial charge < -0.3 is 10.4 Å². The fourth-order valence-electron chi connectivity index (χ4n) is 1.45. The van der Waals surface area contributed by atoms with E-state index in [-0.39, 0.29) is 23.3 Å². The maximum Gasteiger partial charge on any atom is 0.354 e. The summed E-state index contributed by atoms with van der Waals surface area (Å²) in [6, 6.07) is 4.60. The van der Waals surface area contributed by atoms with Gasteiger partial charge in [-0.05, 0) is 24.5 Å². The van der Waals surface area contributed by atoms with Crippen molar-refractivity contribution in [2.24, 2.45) is 5.92 Å². The molecule has 1 aliphatic rings. The Kier molecular flexibility index (Phi) is 2.60. The van der Waals surface area contributed by atoms with E-state index in [1.807, 2.05) is 6.92 Å². The van der Waals surface area contributed by atoms with E-state index in [9.17, 15) is 9.59 Å². The second kappa shape index (κ2) is 3.92. The van der Waals surface area contributed by atoms with Crippen molar-refractivity contribution < 1.29 is 14.7 Å². The maximum absolute atomic E-state index is 11.6. The number of nitrogens with zero attached hydrogens (tertiary/aromatic N) is 1. The SMILES string of the molecule is CC1CC1NC(=O)c1cccc(C(=O)O)n1. The number of carbonyl (C=O) groups excluding carboxylic acids is 1. The summed E-state index contributed by atoms with van der Waals surface area (Å²) in [6.45, 7) is 2.05. The number of carboxylic acids is 1. The molecule has 84 valence electrons. The lowest BCUT2D eigenvalue weighted by Gasteiger charge is -2.03. The predicted molar refractivity (Wildman–Crippen MR) is 56.2 cm³/mol. The minimum Gasteiger partial charge on any atom is -0.477 e. The fourth-order valence-corrected chi connectivity index (χ4v) is 1.45. The van der Waals surface area contributed by atoms with Crippen LogP contribution in [0.25, 0.3) is 0 Å². The van der Waals surface area contributed by atoms with Crippen molar-refractivity contribution >= 4 is 11.9 Å². The topological polar surface area (TPSA) is 79.3 Å². The Bertz CT molecular complexity index is 445. The lowest BCUT2D eigenvalue weighted by atomic mass is 10.3. The van der Waals surface area contributed by atoms with Crippen molar-refractivity contribution in [3.8, 4) is 0 Å². The number of hydrogen-bond donors (Lipinski definition) is 2. The van der Waals surface area contributed by atoms with Crippen molar-refractivity contribution in [1.82, 2.24) is 10.3 Å². The average molecular weight is 220 g/mol. The van der Waals surface area contributed by atoms with E-state index in [0.29, 0.717) is 5.92 Å². The number of hydrogen-bond acceptors (Lipinski definition) is 3. The van der Waals surface area contributed by atoms with Crippen LogP contribution in [0.5, 0.6) is 0 Å². The molecule has 1 saturated carbocycles. The highest BCUT2D eigenvalue weighted by Crippen LogP contribution is 2.29. The van der Waals surface area contributed by atoms with Crippen LogP contribution in [0.1, 0.15) is 34.3 Å². The number of rotatable bonds is 3. The van der Waals surface area contributed by atoms with Crippen LogP contribution in [-0.2, 0) is 0 Å². The summed E-state index contributed by atoms with van der Waals surface area (Å²) < 4.78 is 0. The Morgan fingerprint density at radius 2 is 2.06 bits per heavy atom.